The predicted octanol–water partition coefficient (Wildman–Crippen LogP) is 2.79. The number of anilines is 1. The average Bonchev–Trinajstić information content (AvgIpc) is 2.99. The van der Waals surface area contributed by atoms with E-state index in [1.165, 1.54) is 6.20 Å². The van der Waals surface area contributed by atoms with E-state index in [1.54, 1.807) is 12.3 Å². The number of halogens is 1. The molecule has 0 bridgehead atoms. The van der Waals surface area contributed by atoms with Crippen molar-refractivity contribution < 1.29 is 5.11 Å². The maximum absolute atomic E-state index is 10.6. The molecule has 2 aromatic heterocycles. The van der Waals surface area contributed by atoms with Gasteiger partial charge in [-0.2, -0.15) is 5.10 Å². The number of benzene rings is 1. The number of rotatable bonds is 3. The number of nitrogens with two attached hydrogens (primary N) is 1. The second-order valence-corrected chi connectivity index (χ2v) is 5.03. The largest absolute Gasteiger partial charge is 0.383 e. The molecule has 21 heavy (non-hydrogen) atoms. The van der Waals surface area contributed by atoms with Crippen LogP contribution >= 0.6 is 11.6 Å². The van der Waals surface area contributed by atoms with Gasteiger partial charge in [0.1, 0.15) is 11.9 Å². The van der Waals surface area contributed by atoms with Crippen LogP contribution < -0.4 is 5.73 Å². The van der Waals surface area contributed by atoms with Gasteiger partial charge in [0.2, 0.25) is 0 Å². The molecule has 2 heterocycles. The van der Waals surface area contributed by atoms with E-state index in [0.29, 0.717) is 16.1 Å². The van der Waals surface area contributed by atoms with Gasteiger partial charge in [0, 0.05) is 17.3 Å². The summed E-state index contributed by atoms with van der Waals surface area (Å²) in [7, 11) is 0. The molecular weight excluding hydrogens is 288 g/mol. The highest BCUT2D eigenvalue weighted by molar-refractivity contribution is 6.30. The van der Waals surface area contributed by atoms with Crippen molar-refractivity contribution in [1.29, 1.82) is 0 Å². The minimum atomic E-state index is -0.954. The van der Waals surface area contributed by atoms with Gasteiger partial charge in [-0.1, -0.05) is 41.9 Å². The highest BCUT2D eigenvalue weighted by Crippen LogP contribution is 2.32. The van der Waals surface area contributed by atoms with Crippen LogP contribution in [0.4, 0.5) is 5.82 Å². The van der Waals surface area contributed by atoms with Crippen LogP contribution in [0.25, 0.3) is 11.3 Å². The summed E-state index contributed by atoms with van der Waals surface area (Å²) in [6.45, 7) is 0. The Bertz CT molecular complexity index is 757. The standard InChI is InChI=1S/C15H13ClN4O/c16-10-6-11(15(17)18-7-10)14(21)12-8-19-20-13(12)9-4-2-1-3-5-9/h1-8,14,21H,(H2,17,18)(H,19,20). The van der Waals surface area contributed by atoms with Gasteiger partial charge in [-0.25, -0.2) is 4.98 Å². The highest BCUT2D eigenvalue weighted by Gasteiger charge is 2.20. The number of aromatic nitrogens is 3. The van der Waals surface area contributed by atoms with Gasteiger partial charge in [-0.3, -0.25) is 5.10 Å². The van der Waals surface area contributed by atoms with Crippen molar-refractivity contribution in [3.63, 3.8) is 0 Å². The first kappa shape index (κ1) is 13.6. The molecule has 0 amide bonds. The third-order valence-corrected chi connectivity index (χ3v) is 3.44. The van der Waals surface area contributed by atoms with Crippen molar-refractivity contribution >= 4 is 17.4 Å². The third kappa shape index (κ3) is 2.61. The molecule has 4 N–H and O–H groups in total. The first-order valence-electron chi connectivity index (χ1n) is 6.34. The van der Waals surface area contributed by atoms with Gasteiger partial charge in [-0.15, -0.1) is 0 Å². The molecule has 1 aromatic carbocycles. The molecule has 0 saturated heterocycles. The number of aromatic amines is 1. The number of nitrogens with zero attached hydrogens (tertiary/aromatic N) is 2. The minimum absolute atomic E-state index is 0.243. The lowest BCUT2D eigenvalue weighted by molar-refractivity contribution is 0.221. The molecule has 0 spiro atoms. The lowest BCUT2D eigenvalue weighted by atomic mass is 9.99. The summed E-state index contributed by atoms with van der Waals surface area (Å²) in [4.78, 5) is 3.97. The number of pyridine rings is 1. The van der Waals surface area contributed by atoms with Crippen molar-refractivity contribution in [3.05, 3.63) is 64.9 Å². The fourth-order valence-corrected chi connectivity index (χ4v) is 2.36. The summed E-state index contributed by atoms with van der Waals surface area (Å²) < 4.78 is 0. The molecule has 106 valence electrons. The topological polar surface area (TPSA) is 87.8 Å². The molecule has 0 fully saturated rings. The zero-order valence-corrected chi connectivity index (χ0v) is 11.7. The summed E-state index contributed by atoms with van der Waals surface area (Å²) in [5.41, 5.74) is 8.57. The Kier molecular flexibility index (Phi) is 3.60. The minimum Gasteiger partial charge on any atom is -0.383 e. The molecule has 0 aliphatic carbocycles. The van der Waals surface area contributed by atoms with Crippen molar-refractivity contribution in [2.75, 3.05) is 5.73 Å². The van der Waals surface area contributed by atoms with Crippen molar-refractivity contribution in [2.45, 2.75) is 6.10 Å². The Balaban J connectivity index is 2.06. The molecule has 0 aliphatic heterocycles. The summed E-state index contributed by atoms with van der Waals surface area (Å²) in [6, 6.07) is 11.2. The number of H-pyrrole nitrogens is 1. The first-order chi connectivity index (χ1) is 10.2. The maximum Gasteiger partial charge on any atom is 0.129 e. The molecular formula is C15H13ClN4O. The van der Waals surface area contributed by atoms with Gasteiger partial charge in [0.15, 0.2) is 0 Å². The van der Waals surface area contributed by atoms with E-state index >= 15 is 0 Å². The third-order valence-electron chi connectivity index (χ3n) is 3.24. The molecule has 3 rings (SSSR count). The van der Waals surface area contributed by atoms with E-state index in [0.717, 1.165) is 11.3 Å². The normalized spacial score (nSPS) is 12.3. The highest BCUT2D eigenvalue weighted by atomic mass is 35.5. The predicted molar refractivity (Wildman–Crippen MR) is 81.7 cm³/mol. The van der Waals surface area contributed by atoms with Crippen LogP contribution in [0.1, 0.15) is 17.2 Å². The van der Waals surface area contributed by atoms with Gasteiger partial charge < -0.3 is 10.8 Å². The van der Waals surface area contributed by atoms with Crippen molar-refractivity contribution in [1.82, 2.24) is 15.2 Å². The van der Waals surface area contributed by atoms with Gasteiger partial charge in [0.05, 0.1) is 16.9 Å². The summed E-state index contributed by atoms with van der Waals surface area (Å²) in [5, 5.41) is 17.9. The lowest BCUT2D eigenvalue weighted by Crippen LogP contribution is -2.06. The Hall–Kier alpha value is -2.37. The monoisotopic (exact) mass is 300 g/mol. The Morgan fingerprint density at radius 1 is 1.14 bits per heavy atom. The summed E-state index contributed by atoms with van der Waals surface area (Å²) in [6.07, 6.45) is 2.07. The van der Waals surface area contributed by atoms with Crippen LogP contribution in [0.5, 0.6) is 0 Å². The molecule has 0 aliphatic rings. The molecule has 1 atom stereocenters. The van der Waals surface area contributed by atoms with Crippen LogP contribution in [0.15, 0.2) is 48.8 Å². The van der Waals surface area contributed by atoms with Gasteiger partial charge >= 0.3 is 0 Å². The van der Waals surface area contributed by atoms with E-state index < -0.39 is 6.10 Å². The lowest BCUT2D eigenvalue weighted by Gasteiger charge is -2.13. The van der Waals surface area contributed by atoms with E-state index in [4.69, 9.17) is 17.3 Å². The quantitative estimate of drug-likeness (QED) is 0.694. The van der Waals surface area contributed by atoms with Crippen molar-refractivity contribution in [3.8, 4) is 11.3 Å². The Morgan fingerprint density at radius 2 is 1.90 bits per heavy atom. The van der Waals surface area contributed by atoms with Crippen LogP contribution in [0.2, 0.25) is 5.02 Å². The maximum atomic E-state index is 10.6. The first-order valence-corrected chi connectivity index (χ1v) is 6.72. The number of hydrogen-bond acceptors (Lipinski definition) is 4. The van der Waals surface area contributed by atoms with Crippen LogP contribution in [-0.2, 0) is 0 Å². The van der Waals surface area contributed by atoms with E-state index in [2.05, 4.69) is 15.2 Å². The molecule has 5 nitrogen and oxygen atoms in total. The Labute approximate surface area is 126 Å². The fraction of sp³-hybridized carbons (Fsp3) is 0.0667. The van der Waals surface area contributed by atoms with E-state index in [1.807, 2.05) is 30.3 Å². The molecule has 1 unspecified atom stereocenters. The number of aliphatic hydroxyl groups is 1. The second-order valence-electron chi connectivity index (χ2n) is 4.60. The van der Waals surface area contributed by atoms with Crippen molar-refractivity contribution in [2.24, 2.45) is 0 Å². The van der Waals surface area contributed by atoms with Gasteiger partial charge in [0.25, 0.3) is 0 Å². The van der Waals surface area contributed by atoms with E-state index in [-0.39, 0.29) is 5.82 Å². The fourth-order valence-electron chi connectivity index (χ4n) is 2.19. The smallest absolute Gasteiger partial charge is 0.129 e. The summed E-state index contributed by atoms with van der Waals surface area (Å²) >= 11 is 5.93. The SMILES string of the molecule is Nc1ncc(Cl)cc1C(O)c1cn[nH]c1-c1ccccc1. The average molecular weight is 301 g/mol. The van der Waals surface area contributed by atoms with E-state index in [9.17, 15) is 5.11 Å². The van der Waals surface area contributed by atoms with Crippen LogP contribution in [0, 0.1) is 0 Å². The van der Waals surface area contributed by atoms with Crippen LogP contribution in [-0.4, -0.2) is 20.3 Å². The summed E-state index contributed by atoms with van der Waals surface area (Å²) in [5.74, 6) is 0.243. The second kappa shape index (κ2) is 5.55. The number of nitrogens with one attached hydrogen (secondary N) is 1. The number of hydrogen-bond donors (Lipinski definition) is 3. The zero-order chi connectivity index (χ0) is 14.8. The van der Waals surface area contributed by atoms with Crippen LogP contribution in [0.3, 0.4) is 0 Å². The number of nitrogen functional groups attached to an aromatic ring is 1. The Morgan fingerprint density at radius 3 is 2.67 bits per heavy atom. The molecule has 3 aromatic rings. The number of aliphatic hydroxyl groups excluding tert-OH is 1. The molecule has 0 radical (unpaired) electrons. The molecule has 6 heteroatoms. The van der Waals surface area contributed by atoms with Gasteiger partial charge in [-0.05, 0) is 11.6 Å². The zero-order valence-electron chi connectivity index (χ0n) is 11.0. The molecule has 0 saturated carbocycles.